The van der Waals surface area contributed by atoms with Gasteiger partial charge in [0.15, 0.2) is 0 Å². The molecule has 1 aliphatic carbocycles. The zero-order valence-electron chi connectivity index (χ0n) is 12.3. The van der Waals surface area contributed by atoms with Crippen LogP contribution in [-0.4, -0.2) is 47.6 Å². The number of fused-ring (bicyclic) bond motifs is 1. The lowest BCUT2D eigenvalue weighted by atomic mass is 9.88. The fourth-order valence-corrected chi connectivity index (χ4v) is 3.79. The van der Waals surface area contributed by atoms with E-state index >= 15 is 0 Å². The van der Waals surface area contributed by atoms with Gasteiger partial charge in [0.05, 0.1) is 0 Å². The Morgan fingerprint density at radius 1 is 1.05 bits per heavy atom. The van der Waals surface area contributed by atoms with Gasteiger partial charge in [-0.25, -0.2) is 9.97 Å². The minimum absolute atomic E-state index is 0.826. The highest BCUT2D eigenvalue weighted by atomic mass is 15.3. The Morgan fingerprint density at radius 2 is 1.80 bits per heavy atom. The zero-order chi connectivity index (χ0) is 13.5. The lowest BCUT2D eigenvalue weighted by Gasteiger charge is -2.34. The molecule has 0 aromatic carbocycles. The molecule has 0 bridgehead atoms. The Hall–Kier alpha value is -1.16. The summed E-state index contributed by atoms with van der Waals surface area (Å²) in [6.45, 7) is 8.30. The molecular weight excluding hydrogens is 248 g/mol. The maximum absolute atomic E-state index is 4.50. The normalized spacial score (nSPS) is 30.6. The molecule has 108 valence electrons. The molecule has 0 radical (unpaired) electrons. The number of likely N-dealkylation sites (tertiary alicyclic amines) is 1. The van der Waals surface area contributed by atoms with Crippen LogP contribution in [0.4, 0.5) is 5.95 Å². The van der Waals surface area contributed by atoms with Crippen LogP contribution in [0.1, 0.15) is 24.8 Å². The number of anilines is 1. The first-order chi connectivity index (χ1) is 9.78. The monoisotopic (exact) mass is 272 g/mol. The smallest absolute Gasteiger partial charge is 0.225 e. The largest absolute Gasteiger partial charge is 0.340 e. The molecule has 0 spiro atoms. The van der Waals surface area contributed by atoms with Crippen LogP contribution in [0.25, 0.3) is 0 Å². The summed E-state index contributed by atoms with van der Waals surface area (Å²) in [5.74, 6) is 3.63. The third-order valence-corrected chi connectivity index (χ3v) is 5.15. The molecule has 2 atom stereocenters. The molecule has 2 aliphatic heterocycles. The van der Waals surface area contributed by atoms with E-state index in [-0.39, 0.29) is 0 Å². The third-order valence-electron chi connectivity index (χ3n) is 5.15. The van der Waals surface area contributed by atoms with Gasteiger partial charge in [-0.1, -0.05) is 0 Å². The van der Waals surface area contributed by atoms with E-state index in [1.807, 2.05) is 19.3 Å². The van der Waals surface area contributed by atoms with Crippen molar-refractivity contribution in [2.24, 2.45) is 17.8 Å². The number of aromatic nitrogens is 2. The van der Waals surface area contributed by atoms with Crippen molar-refractivity contribution in [3.05, 3.63) is 18.0 Å². The predicted octanol–water partition coefficient (Wildman–Crippen LogP) is 1.95. The van der Waals surface area contributed by atoms with Gasteiger partial charge in [-0.3, -0.25) is 0 Å². The fraction of sp³-hybridized carbons (Fsp3) is 0.750. The van der Waals surface area contributed by atoms with Gasteiger partial charge in [-0.15, -0.1) is 0 Å². The number of nitrogens with zero attached hydrogens (tertiary/aromatic N) is 4. The Bertz CT molecular complexity index is 468. The second-order valence-electron chi connectivity index (χ2n) is 6.98. The van der Waals surface area contributed by atoms with Gasteiger partial charge in [-0.2, -0.15) is 0 Å². The average molecular weight is 272 g/mol. The second-order valence-corrected chi connectivity index (χ2v) is 6.98. The molecule has 2 saturated heterocycles. The van der Waals surface area contributed by atoms with Gasteiger partial charge >= 0.3 is 0 Å². The van der Waals surface area contributed by atoms with Crippen molar-refractivity contribution in [1.82, 2.24) is 14.9 Å². The van der Waals surface area contributed by atoms with Crippen molar-refractivity contribution >= 4 is 5.95 Å². The molecule has 20 heavy (non-hydrogen) atoms. The van der Waals surface area contributed by atoms with Gasteiger partial charge in [0, 0.05) is 38.6 Å². The van der Waals surface area contributed by atoms with Crippen LogP contribution < -0.4 is 4.90 Å². The van der Waals surface area contributed by atoms with Crippen molar-refractivity contribution in [2.45, 2.75) is 26.2 Å². The summed E-state index contributed by atoms with van der Waals surface area (Å²) in [6.07, 6.45) is 8.16. The molecule has 4 heteroatoms. The molecule has 3 aliphatic rings. The second kappa shape index (κ2) is 4.99. The average Bonchev–Trinajstić information content (AvgIpc) is 3.16. The quantitative estimate of drug-likeness (QED) is 0.842. The van der Waals surface area contributed by atoms with Crippen LogP contribution >= 0.6 is 0 Å². The molecule has 1 saturated carbocycles. The summed E-state index contributed by atoms with van der Waals surface area (Å²) >= 11 is 0. The molecule has 4 rings (SSSR count). The summed E-state index contributed by atoms with van der Waals surface area (Å²) in [7, 11) is 0. The molecule has 0 N–H and O–H groups in total. The lowest BCUT2D eigenvalue weighted by molar-refractivity contribution is 0.143. The maximum atomic E-state index is 4.50. The van der Waals surface area contributed by atoms with Crippen LogP contribution in [0.15, 0.2) is 12.4 Å². The Kier molecular flexibility index (Phi) is 3.14. The van der Waals surface area contributed by atoms with Gasteiger partial charge in [-0.05, 0) is 56.0 Å². The van der Waals surface area contributed by atoms with E-state index in [0.29, 0.717) is 0 Å². The van der Waals surface area contributed by atoms with Crippen molar-refractivity contribution in [3.8, 4) is 0 Å². The molecule has 4 nitrogen and oxygen atoms in total. The van der Waals surface area contributed by atoms with Gasteiger partial charge in [0.2, 0.25) is 5.95 Å². The number of piperidine rings is 1. The van der Waals surface area contributed by atoms with Crippen LogP contribution in [0.3, 0.4) is 0 Å². The van der Waals surface area contributed by atoms with Crippen molar-refractivity contribution < 1.29 is 0 Å². The number of rotatable bonds is 3. The Labute approximate surface area is 121 Å². The zero-order valence-corrected chi connectivity index (χ0v) is 12.3. The minimum atomic E-state index is 0.826. The number of hydrogen-bond donors (Lipinski definition) is 0. The van der Waals surface area contributed by atoms with Gasteiger partial charge < -0.3 is 9.80 Å². The van der Waals surface area contributed by atoms with Crippen LogP contribution in [0, 0.1) is 24.7 Å². The summed E-state index contributed by atoms with van der Waals surface area (Å²) < 4.78 is 0. The Balaban J connectivity index is 1.40. The highest BCUT2D eigenvalue weighted by molar-refractivity contribution is 5.32. The van der Waals surface area contributed by atoms with E-state index in [4.69, 9.17) is 0 Å². The molecule has 1 aromatic rings. The standard InChI is InChI=1S/C16H24N4/c1-12-6-17-16(18-7-12)20-10-14-4-5-19(8-13-2-3-13)9-15(14)11-20/h6-7,13-15H,2-5,8-11H2,1H3/t14-,15+/m0/s1. The predicted molar refractivity (Wildman–Crippen MR) is 79.7 cm³/mol. The lowest BCUT2D eigenvalue weighted by Crippen LogP contribution is -2.40. The SMILES string of the molecule is Cc1cnc(N2C[C@H]3CN(CC4CC4)CC[C@H]3C2)nc1. The van der Waals surface area contributed by atoms with Crippen LogP contribution in [0.5, 0.6) is 0 Å². The first-order valence-corrected chi connectivity index (χ1v) is 8.04. The van der Waals surface area contributed by atoms with Crippen molar-refractivity contribution in [2.75, 3.05) is 37.6 Å². The summed E-state index contributed by atoms with van der Waals surface area (Å²) in [5, 5.41) is 0. The summed E-state index contributed by atoms with van der Waals surface area (Å²) in [5.41, 5.74) is 1.14. The van der Waals surface area contributed by atoms with E-state index in [0.717, 1.165) is 42.4 Å². The van der Waals surface area contributed by atoms with Crippen molar-refractivity contribution in [3.63, 3.8) is 0 Å². The molecule has 0 unspecified atom stereocenters. The molecule has 3 fully saturated rings. The van der Waals surface area contributed by atoms with Crippen molar-refractivity contribution in [1.29, 1.82) is 0 Å². The highest BCUT2D eigenvalue weighted by Gasteiger charge is 2.38. The van der Waals surface area contributed by atoms with Crippen LogP contribution in [0.2, 0.25) is 0 Å². The molecule has 3 heterocycles. The summed E-state index contributed by atoms with van der Waals surface area (Å²) in [6, 6.07) is 0. The Morgan fingerprint density at radius 3 is 2.55 bits per heavy atom. The number of hydrogen-bond acceptors (Lipinski definition) is 4. The first-order valence-electron chi connectivity index (χ1n) is 8.04. The van der Waals surface area contributed by atoms with Gasteiger partial charge in [0.1, 0.15) is 0 Å². The van der Waals surface area contributed by atoms with E-state index < -0.39 is 0 Å². The van der Waals surface area contributed by atoms with E-state index in [1.165, 1.54) is 38.9 Å². The minimum Gasteiger partial charge on any atom is -0.340 e. The summed E-state index contributed by atoms with van der Waals surface area (Å²) in [4.78, 5) is 14.1. The number of aryl methyl sites for hydroxylation is 1. The maximum Gasteiger partial charge on any atom is 0.225 e. The van der Waals surface area contributed by atoms with E-state index in [2.05, 4.69) is 19.8 Å². The fourth-order valence-electron chi connectivity index (χ4n) is 3.79. The van der Waals surface area contributed by atoms with E-state index in [1.54, 1.807) is 0 Å². The van der Waals surface area contributed by atoms with E-state index in [9.17, 15) is 0 Å². The van der Waals surface area contributed by atoms with Gasteiger partial charge in [0.25, 0.3) is 0 Å². The molecule has 1 aromatic heterocycles. The third kappa shape index (κ3) is 2.53. The van der Waals surface area contributed by atoms with Crippen LogP contribution in [-0.2, 0) is 0 Å². The topological polar surface area (TPSA) is 32.3 Å². The highest BCUT2D eigenvalue weighted by Crippen LogP contribution is 2.35. The molecular formula is C16H24N4. The first kappa shape index (κ1) is 12.6. The molecule has 0 amide bonds.